The fourth-order valence-electron chi connectivity index (χ4n) is 4.96. The number of benzene rings is 3. The molecule has 3 atom stereocenters. The van der Waals surface area contributed by atoms with Crippen LogP contribution in [0.1, 0.15) is 36.0 Å². The van der Waals surface area contributed by atoms with E-state index < -0.39 is 36.0 Å². The Balaban J connectivity index is 1.65. The molecule has 0 aromatic heterocycles. The highest BCUT2D eigenvalue weighted by atomic mass is 16.6. The summed E-state index contributed by atoms with van der Waals surface area (Å²) in [6, 6.07) is 26.1. The molecule has 3 unspecified atom stereocenters. The van der Waals surface area contributed by atoms with Crippen molar-refractivity contribution < 1.29 is 38.5 Å². The lowest BCUT2D eigenvalue weighted by molar-refractivity contribution is -0.148. The summed E-state index contributed by atoms with van der Waals surface area (Å²) < 4.78 is 16.7. The van der Waals surface area contributed by atoms with Crippen LogP contribution in [0, 0.1) is 5.92 Å². The molecule has 3 amide bonds. The van der Waals surface area contributed by atoms with E-state index in [4.69, 9.17) is 14.2 Å². The number of alkyl carbamates (subject to hydrolysis) is 1. The van der Waals surface area contributed by atoms with Crippen molar-refractivity contribution >= 4 is 23.9 Å². The van der Waals surface area contributed by atoms with Crippen LogP contribution in [0.5, 0.6) is 0 Å². The van der Waals surface area contributed by atoms with Crippen molar-refractivity contribution in [2.24, 2.45) is 5.92 Å². The molecular weight excluding hydrogens is 638 g/mol. The normalized spacial score (nSPS) is 12.4. The monoisotopic (exact) mass is 685 g/mol. The van der Waals surface area contributed by atoms with Crippen molar-refractivity contribution in [3.05, 3.63) is 133 Å². The van der Waals surface area contributed by atoms with Crippen molar-refractivity contribution in [2.75, 3.05) is 26.4 Å². The second-order valence-corrected chi connectivity index (χ2v) is 11.6. The Labute approximate surface area is 293 Å². The van der Waals surface area contributed by atoms with E-state index >= 15 is 0 Å². The van der Waals surface area contributed by atoms with Crippen LogP contribution in [0.25, 0.3) is 0 Å². The zero-order chi connectivity index (χ0) is 36.0. The van der Waals surface area contributed by atoms with E-state index in [2.05, 4.69) is 23.8 Å². The fourth-order valence-corrected chi connectivity index (χ4v) is 4.96. The highest BCUT2D eigenvalue weighted by molar-refractivity contribution is 5.86. The topological polar surface area (TPSA) is 144 Å². The average Bonchev–Trinajstić information content (AvgIpc) is 3.13. The molecule has 0 aliphatic carbocycles. The van der Waals surface area contributed by atoms with Gasteiger partial charge in [-0.25, -0.2) is 9.59 Å². The van der Waals surface area contributed by atoms with E-state index in [0.29, 0.717) is 0 Å². The Morgan fingerprint density at radius 1 is 0.740 bits per heavy atom. The number of carbonyl (C=O) groups excluding carboxylic acids is 4. The van der Waals surface area contributed by atoms with E-state index in [1.165, 1.54) is 11.0 Å². The first-order valence-electron chi connectivity index (χ1n) is 16.5. The van der Waals surface area contributed by atoms with Gasteiger partial charge >= 0.3 is 12.1 Å². The molecule has 266 valence electrons. The van der Waals surface area contributed by atoms with Gasteiger partial charge in [0.15, 0.2) is 0 Å². The molecule has 0 aliphatic rings. The van der Waals surface area contributed by atoms with E-state index in [0.717, 1.165) is 16.7 Å². The van der Waals surface area contributed by atoms with Gasteiger partial charge in [0.25, 0.3) is 0 Å². The highest BCUT2D eigenvalue weighted by Gasteiger charge is 2.28. The lowest BCUT2D eigenvalue weighted by Gasteiger charge is -2.26. The molecule has 0 saturated carbocycles. The van der Waals surface area contributed by atoms with E-state index in [-0.39, 0.29) is 71.3 Å². The van der Waals surface area contributed by atoms with Gasteiger partial charge in [0.1, 0.15) is 19.3 Å². The van der Waals surface area contributed by atoms with Crippen molar-refractivity contribution in [3.8, 4) is 0 Å². The van der Waals surface area contributed by atoms with Gasteiger partial charge in [0.2, 0.25) is 11.8 Å². The van der Waals surface area contributed by atoms with Gasteiger partial charge in [-0.2, -0.15) is 0 Å². The minimum Gasteiger partial charge on any atom is -0.462 e. The Morgan fingerprint density at radius 2 is 1.32 bits per heavy atom. The Morgan fingerprint density at radius 3 is 1.90 bits per heavy atom. The fraction of sp³-hybridized carbons (Fsp3) is 0.333. The van der Waals surface area contributed by atoms with Gasteiger partial charge < -0.3 is 34.9 Å². The largest absolute Gasteiger partial charge is 0.462 e. The molecule has 11 nitrogen and oxygen atoms in total. The maximum Gasteiger partial charge on any atom is 0.408 e. The summed E-state index contributed by atoms with van der Waals surface area (Å²) in [5.74, 6) is -2.27. The number of nitrogens with zero attached hydrogens (tertiary/aromatic N) is 1. The summed E-state index contributed by atoms with van der Waals surface area (Å²) >= 11 is 0. The number of esters is 1. The van der Waals surface area contributed by atoms with Gasteiger partial charge in [0, 0.05) is 19.5 Å². The van der Waals surface area contributed by atoms with Crippen LogP contribution < -0.4 is 10.6 Å². The summed E-state index contributed by atoms with van der Waals surface area (Å²) in [6.07, 6.45) is 2.41. The summed E-state index contributed by atoms with van der Waals surface area (Å²) in [5.41, 5.74) is 2.59. The number of rotatable bonds is 22. The van der Waals surface area contributed by atoms with Crippen molar-refractivity contribution in [3.63, 3.8) is 0 Å². The summed E-state index contributed by atoms with van der Waals surface area (Å²) in [6.45, 7) is 7.59. The number of ether oxygens (including phenoxy) is 3. The molecule has 0 radical (unpaired) electrons. The van der Waals surface area contributed by atoms with Crippen molar-refractivity contribution in [1.82, 2.24) is 15.5 Å². The standard InChI is InChI=1S/C39H47N3O8/c1-3-14-33(24-36(44)42(22-23-43)25-30-16-8-5-9-17-30)37(45)40-34(28-48-26-31-18-10-6-11-19-31)29-49-38(46)35(15-4-2)41-39(47)50-27-32-20-12-7-13-21-32/h3-13,16-21,33-35,43H,1-2,14-15,22-29H2,(H,40,45)(H,41,47). The number of hydrogen-bond acceptors (Lipinski definition) is 8. The lowest BCUT2D eigenvalue weighted by Crippen LogP contribution is -2.47. The van der Waals surface area contributed by atoms with Gasteiger partial charge in [-0.1, -0.05) is 103 Å². The number of allylic oxidation sites excluding steroid dienone is 1. The third-order valence-electron chi connectivity index (χ3n) is 7.58. The highest BCUT2D eigenvalue weighted by Crippen LogP contribution is 2.15. The smallest absolute Gasteiger partial charge is 0.408 e. The molecule has 0 bridgehead atoms. The number of hydrogen-bond donors (Lipinski definition) is 3. The summed E-state index contributed by atoms with van der Waals surface area (Å²) in [5, 5.41) is 15.0. The van der Waals surface area contributed by atoms with E-state index in [9.17, 15) is 24.3 Å². The minimum atomic E-state index is -1.08. The van der Waals surface area contributed by atoms with Crippen LogP contribution in [0.4, 0.5) is 4.79 Å². The van der Waals surface area contributed by atoms with Crippen LogP contribution in [-0.4, -0.2) is 72.3 Å². The molecule has 0 saturated heterocycles. The van der Waals surface area contributed by atoms with Gasteiger partial charge in [-0.3, -0.25) is 9.59 Å². The minimum absolute atomic E-state index is 0.00795. The predicted molar refractivity (Wildman–Crippen MR) is 189 cm³/mol. The average molecular weight is 686 g/mol. The van der Waals surface area contributed by atoms with Gasteiger partial charge in [-0.15, -0.1) is 13.2 Å². The number of aliphatic hydroxyl groups excluding tert-OH is 1. The number of carbonyl (C=O) groups is 4. The molecular formula is C39H47N3O8. The molecule has 3 N–H and O–H groups in total. The number of amides is 3. The first-order valence-corrected chi connectivity index (χ1v) is 16.5. The third-order valence-corrected chi connectivity index (χ3v) is 7.58. The number of nitrogens with one attached hydrogen (secondary N) is 2. The quantitative estimate of drug-likeness (QED) is 0.102. The van der Waals surface area contributed by atoms with Crippen LogP contribution in [-0.2, 0) is 48.4 Å². The molecule has 3 aromatic carbocycles. The van der Waals surface area contributed by atoms with Gasteiger partial charge in [0.05, 0.1) is 31.8 Å². The maximum absolute atomic E-state index is 13.6. The first-order chi connectivity index (χ1) is 24.3. The van der Waals surface area contributed by atoms with Crippen LogP contribution in [0.15, 0.2) is 116 Å². The molecule has 3 rings (SSSR count). The number of aliphatic hydroxyl groups is 1. The zero-order valence-electron chi connectivity index (χ0n) is 28.3. The van der Waals surface area contributed by atoms with Crippen LogP contribution in [0.3, 0.4) is 0 Å². The third kappa shape index (κ3) is 14.5. The zero-order valence-corrected chi connectivity index (χ0v) is 28.3. The molecule has 0 aliphatic heterocycles. The molecule has 50 heavy (non-hydrogen) atoms. The van der Waals surface area contributed by atoms with Gasteiger partial charge in [-0.05, 0) is 29.5 Å². The van der Waals surface area contributed by atoms with E-state index in [1.807, 2.05) is 91.0 Å². The van der Waals surface area contributed by atoms with Crippen molar-refractivity contribution in [1.29, 1.82) is 0 Å². The maximum atomic E-state index is 13.6. The molecule has 3 aromatic rings. The predicted octanol–water partition coefficient (Wildman–Crippen LogP) is 4.71. The molecule has 0 spiro atoms. The van der Waals surface area contributed by atoms with Crippen molar-refractivity contribution in [2.45, 2.75) is 51.1 Å². The van der Waals surface area contributed by atoms with Crippen LogP contribution >= 0.6 is 0 Å². The Hall–Kier alpha value is -5.26. The second-order valence-electron chi connectivity index (χ2n) is 11.6. The van der Waals surface area contributed by atoms with Crippen LogP contribution in [0.2, 0.25) is 0 Å². The first kappa shape index (κ1) is 39.2. The SMILES string of the molecule is C=CCC(CC(=O)N(CCO)Cc1ccccc1)C(=O)NC(COCc1ccccc1)COC(=O)C(CC=C)NC(=O)OCc1ccccc1. The molecule has 0 fully saturated rings. The second kappa shape index (κ2) is 22.4. The van der Waals surface area contributed by atoms with E-state index in [1.54, 1.807) is 6.08 Å². The summed E-state index contributed by atoms with van der Waals surface area (Å²) in [4.78, 5) is 54.1. The molecule has 0 heterocycles. The Bertz CT molecular complexity index is 1490. The Kier molecular flexibility index (Phi) is 17.5. The summed E-state index contributed by atoms with van der Waals surface area (Å²) in [7, 11) is 0. The lowest BCUT2D eigenvalue weighted by atomic mass is 9.98. The molecule has 11 heteroatoms.